The lowest BCUT2D eigenvalue weighted by Crippen LogP contribution is -2.30. The highest BCUT2D eigenvalue weighted by Gasteiger charge is 2.54. The fourth-order valence-electron chi connectivity index (χ4n) is 3.25. The molecule has 1 unspecified atom stereocenters. The zero-order valence-electron chi connectivity index (χ0n) is 11.7. The summed E-state index contributed by atoms with van der Waals surface area (Å²) in [5.74, 6) is 1.09. The molecule has 2 aliphatic rings. The Bertz CT molecular complexity index is 640. The Labute approximate surface area is 123 Å². The van der Waals surface area contributed by atoms with Crippen molar-refractivity contribution in [2.75, 3.05) is 13.2 Å². The van der Waals surface area contributed by atoms with Gasteiger partial charge in [-0.3, -0.25) is 4.79 Å². The molecule has 2 aromatic rings. The lowest BCUT2D eigenvalue weighted by Gasteiger charge is -2.08. The molecule has 0 radical (unpaired) electrons. The highest BCUT2D eigenvalue weighted by atomic mass is 16.5. The molecule has 1 saturated heterocycles. The lowest BCUT2D eigenvalue weighted by atomic mass is 10.0. The number of rotatable bonds is 4. The molecule has 21 heavy (non-hydrogen) atoms. The number of benzene rings is 1. The van der Waals surface area contributed by atoms with Crippen LogP contribution >= 0.6 is 0 Å². The first-order valence-corrected chi connectivity index (χ1v) is 7.41. The van der Waals surface area contributed by atoms with Gasteiger partial charge in [-0.2, -0.15) is 0 Å². The average molecular weight is 282 g/mol. The summed E-state index contributed by atoms with van der Waals surface area (Å²) in [6, 6.07) is 10.5. The summed E-state index contributed by atoms with van der Waals surface area (Å²) in [6.07, 6.45) is 4.48. The molecule has 1 saturated carbocycles. The smallest absolute Gasteiger partial charge is 0.253 e. The van der Waals surface area contributed by atoms with Gasteiger partial charge in [0.2, 0.25) is 0 Å². The van der Waals surface area contributed by atoms with Crippen LogP contribution in [0.15, 0.2) is 42.7 Å². The van der Waals surface area contributed by atoms with Crippen LogP contribution in [0, 0.1) is 11.8 Å². The number of hydrogen-bond donors (Lipinski definition) is 2. The maximum atomic E-state index is 12.4. The van der Waals surface area contributed by atoms with Crippen molar-refractivity contribution in [3.8, 4) is 0 Å². The number of fused-ring (bicyclic) bond motifs is 1. The van der Waals surface area contributed by atoms with Crippen molar-refractivity contribution in [3.05, 3.63) is 59.4 Å². The SMILES string of the molecule is O=C(NC1[C@H]2COC[C@@H]12)c1c[nH]cc1Cc1ccccc1. The largest absolute Gasteiger partial charge is 0.381 e. The number of carbonyl (C=O) groups excluding carboxylic acids is 1. The standard InChI is InChI=1S/C17H18N2O2/c20-17(19-16-14-9-21-10-15(14)16)13-8-18-7-12(13)6-11-4-2-1-3-5-11/h1-5,7-8,14-16,18H,6,9-10H2,(H,19,20)/t14-,15+,16?. The van der Waals surface area contributed by atoms with Crippen molar-refractivity contribution in [1.29, 1.82) is 0 Å². The second kappa shape index (κ2) is 5.04. The Kier molecular flexibility index (Phi) is 3.04. The Morgan fingerprint density at radius 3 is 2.71 bits per heavy atom. The Morgan fingerprint density at radius 1 is 1.19 bits per heavy atom. The van der Waals surface area contributed by atoms with Gasteiger partial charge in [0.05, 0.1) is 18.8 Å². The summed E-state index contributed by atoms with van der Waals surface area (Å²) in [5, 5.41) is 3.15. The van der Waals surface area contributed by atoms with E-state index in [0.29, 0.717) is 17.9 Å². The third-order valence-corrected chi connectivity index (χ3v) is 4.56. The predicted molar refractivity (Wildman–Crippen MR) is 79.1 cm³/mol. The van der Waals surface area contributed by atoms with Crippen molar-refractivity contribution in [3.63, 3.8) is 0 Å². The highest BCUT2D eigenvalue weighted by molar-refractivity contribution is 5.96. The van der Waals surface area contributed by atoms with Gasteiger partial charge in [-0.15, -0.1) is 0 Å². The van der Waals surface area contributed by atoms with Crippen LogP contribution in [0.4, 0.5) is 0 Å². The molecule has 1 aliphatic heterocycles. The van der Waals surface area contributed by atoms with Gasteiger partial charge >= 0.3 is 0 Å². The molecular weight excluding hydrogens is 264 g/mol. The number of hydrogen-bond acceptors (Lipinski definition) is 2. The first-order valence-electron chi connectivity index (χ1n) is 7.41. The summed E-state index contributed by atoms with van der Waals surface area (Å²) >= 11 is 0. The fourth-order valence-corrected chi connectivity index (χ4v) is 3.25. The molecule has 3 atom stereocenters. The van der Waals surface area contributed by atoms with Gasteiger partial charge in [-0.05, 0) is 17.5 Å². The minimum absolute atomic E-state index is 0.0292. The highest BCUT2D eigenvalue weighted by Crippen LogP contribution is 2.44. The molecule has 0 spiro atoms. The quantitative estimate of drug-likeness (QED) is 0.901. The van der Waals surface area contributed by atoms with Gasteiger partial charge in [-0.25, -0.2) is 0 Å². The molecule has 4 rings (SSSR count). The second-order valence-corrected chi connectivity index (χ2v) is 5.92. The van der Waals surface area contributed by atoms with Crippen molar-refractivity contribution < 1.29 is 9.53 Å². The second-order valence-electron chi connectivity index (χ2n) is 5.92. The van der Waals surface area contributed by atoms with E-state index in [9.17, 15) is 4.79 Å². The Hall–Kier alpha value is -2.07. The van der Waals surface area contributed by atoms with E-state index < -0.39 is 0 Å². The number of amides is 1. The summed E-state index contributed by atoms with van der Waals surface area (Å²) in [6.45, 7) is 1.58. The normalized spacial score (nSPS) is 26.4. The fraction of sp³-hybridized carbons (Fsp3) is 0.353. The molecule has 1 aliphatic carbocycles. The van der Waals surface area contributed by atoms with Crippen LogP contribution in [0.2, 0.25) is 0 Å². The monoisotopic (exact) mass is 282 g/mol. The molecule has 108 valence electrons. The van der Waals surface area contributed by atoms with Crippen LogP contribution in [-0.4, -0.2) is 30.1 Å². The lowest BCUT2D eigenvalue weighted by molar-refractivity contribution is 0.0928. The number of carbonyl (C=O) groups is 1. The molecule has 0 bridgehead atoms. The zero-order chi connectivity index (χ0) is 14.2. The van der Waals surface area contributed by atoms with E-state index >= 15 is 0 Å². The van der Waals surface area contributed by atoms with E-state index in [-0.39, 0.29) is 5.91 Å². The minimum Gasteiger partial charge on any atom is -0.381 e. The van der Waals surface area contributed by atoms with E-state index in [0.717, 1.165) is 30.8 Å². The zero-order valence-corrected chi connectivity index (χ0v) is 11.7. The van der Waals surface area contributed by atoms with Gasteiger partial charge < -0.3 is 15.0 Å². The molecule has 4 heteroatoms. The minimum atomic E-state index is 0.0292. The topological polar surface area (TPSA) is 54.1 Å². The first kappa shape index (κ1) is 12.7. The van der Waals surface area contributed by atoms with Crippen molar-refractivity contribution in [2.45, 2.75) is 12.5 Å². The van der Waals surface area contributed by atoms with Crippen LogP contribution in [0.3, 0.4) is 0 Å². The summed E-state index contributed by atoms with van der Waals surface area (Å²) in [5.41, 5.74) is 3.01. The number of ether oxygens (including phenoxy) is 1. The van der Waals surface area contributed by atoms with Gasteiger partial charge in [-0.1, -0.05) is 30.3 Å². The molecule has 2 fully saturated rings. The maximum absolute atomic E-state index is 12.4. The summed E-state index contributed by atoms with van der Waals surface area (Å²) < 4.78 is 5.35. The van der Waals surface area contributed by atoms with Gasteiger partial charge in [0.15, 0.2) is 0 Å². The number of nitrogens with one attached hydrogen (secondary N) is 2. The van der Waals surface area contributed by atoms with Crippen LogP contribution < -0.4 is 5.32 Å². The number of aromatic amines is 1. The van der Waals surface area contributed by atoms with Gasteiger partial charge in [0.25, 0.3) is 5.91 Å². The van der Waals surface area contributed by atoms with Crippen molar-refractivity contribution in [1.82, 2.24) is 10.3 Å². The Morgan fingerprint density at radius 2 is 1.95 bits per heavy atom. The van der Waals surface area contributed by atoms with Crippen LogP contribution in [0.25, 0.3) is 0 Å². The molecule has 2 heterocycles. The molecule has 4 nitrogen and oxygen atoms in total. The van der Waals surface area contributed by atoms with E-state index in [2.05, 4.69) is 22.4 Å². The number of aromatic nitrogens is 1. The van der Waals surface area contributed by atoms with Gasteiger partial charge in [0, 0.05) is 30.3 Å². The van der Waals surface area contributed by atoms with Crippen LogP contribution in [-0.2, 0) is 11.2 Å². The number of H-pyrrole nitrogens is 1. The molecule has 2 N–H and O–H groups in total. The predicted octanol–water partition coefficient (Wildman–Crippen LogP) is 1.98. The molecule has 1 amide bonds. The van der Waals surface area contributed by atoms with E-state index in [1.807, 2.05) is 24.4 Å². The molecule has 1 aromatic heterocycles. The third kappa shape index (κ3) is 2.36. The van der Waals surface area contributed by atoms with Crippen LogP contribution in [0.1, 0.15) is 21.5 Å². The van der Waals surface area contributed by atoms with E-state index in [1.54, 1.807) is 6.20 Å². The summed E-state index contributed by atoms with van der Waals surface area (Å²) in [4.78, 5) is 15.5. The Balaban J connectivity index is 1.46. The van der Waals surface area contributed by atoms with Crippen molar-refractivity contribution in [2.24, 2.45) is 11.8 Å². The summed E-state index contributed by atoms with van der Waals surface area (Å²) in [7, 11) is 0. The van der Waals surface area contributed by atoms with Gasteiger partial charge in [0.1, 0.15) is 0 Å². The average Bonchev–Trinajstić information content (AvgIpc) is 2.92. The van der Waals surface area contributed by atoms with E-state index in [4.69, 9.17) is 4.74 Å². The van der Waals surface area contributed by atoms with E-state index in [1.165, 1.54) is 5.56 Å². The third-order valence-electron chi connectivity index (χ3n) is 4.56. The maximum Gasteiger partial charge on any atom is 0.253 e. The first-order chi connectivity index (χ1) is 10.3. The molecular formula is C17H18N2O2. The van der Waals surface area contributed by atoms with Crippen molar-refractivity contribution >= 4 is 5.91 Å². The van der Waals surface area contributed by atoms with Crippen LogP contribution in [0.5, 0.6) is 0 Å². The molecule has 1 aromatic carbocycles.